The number of likely N-dealkylation sites (tertiary alicyclic amines) is 1. The largest absolute Gasteiger partial charge is 0.449 e. The average molecular weight is 410 g/mol. The summed E-state index contributed by atoms with van der Waals surface area (Å²) < 4.78 is 7.12. The van der Waals surface area contributed by atoms with Gasteiger partial charge in [-0.05, 0) is 57.6 Å². The maximum Gasteiger partial charge on any atom is 0.331 e. The van der Waals surface area contributed by atoms with Gasteiger partial charge in [0.25, 0.3) is 5.91 Å². The molecule has 1 fully saturated rings. The zero-order valence-corrected chi connectivity index (χ0v) is 18.3. The number of benzene rings is 1. The van der Waals surface area contributed by atoms with Crippen LogP contribution in [0.5, 0.6) is 0 Å². The predicted molar refractivity (Wildman–Crippen MR) is 117 cm³/mol. The van der Waals surface area contributed by atoms with E-state index in [4.69, 9.17) is 4.74 Å². The first-order valence-corrected chi connectivity index (χ1v) is 10.6. The minimum atomic E-state index is -0.788. The molecule has 1 aromatic heterocycles. The number of hydrogen-bond acceptors (Lipinski definition) is 4. The Morgan fingerprint density at radius 1 is 1.20 bits per heavy atom. The Hall–Kier alpha value is -2.89. The van der Waals surface area contributed by atoms with Crippen molar-refractivity contribution in [2.45, 2.75) is 46.1 Å². The first-order valence-electron chi connectivity index (χ1n) is 10.6. The second kappa shape index (κ2) is 9.74. The number of rotatable bonds is 6. The summed E-state index contributed by atoms with van der Waals surface area (Å²) in [5.74, 6) is -0.0516. The Bertz CT molecular complexity index is 909. The van der Waals surface area contributed by atoms with Crippen molar-refractivity contribution in [3.8, 4) is 0 Å². The molecule has 0 aliphatic carbocycles. The van der Waals surface area contributed by atoms with Crippen LogP contribution in [0, 0.1) is 19.8 Å². The molecular formula is C24H31N3O3. The zero-order chi connectivity index (χ0) is 21.7. The molecule has 0 radical (unpaired) electrons. The third-order valence-electron chi connectivity index (χ3n) is 5.89. The number of carbonyl (C=O) groups is 2. The molecule has 6 nitrogen and oxygen atoms in total. The lowest BCUT2D eigenvalue weighted by molar-refractivity contribution is -0.156. The molecule has 0 N–H and O–H groups in total. The molecular weight excluding hydrogens is 378 g/mol. The second-order valence-electron chi connectivity index (χ2n) is 8.08. The third-order valence-corrected chi connectivity index (χ3v) is 5.89. The lowest BCUT2D eigenvalue weighted by atomic mass is 9.90. The van der Waals surface area contributed by atoms with Crippen LogP contribution in [0.4, 0.5) is 0 Å². The fourth-order valence-electron chi connectivity index (χ4n) is 4.01. The molecule has 1 amide bonds. The first-order chi connectivity index (χ1) is 14.3. The van der Waals surface area contributed by atoms with Crippen molar-refractivity contribution in [2.75, 3.05) is 13.1 Å². The Kier molecular flexibility index (Phi) is 7.08. The number of nitrogens with zero attached hydrogens (tertiary/aromatic N) is 3. The number of carbonyl (C=O) groups excluding carboxylic acids is 2. The van der Waals surface area contributed by atoms with Crippen molar-refractivity contribution >= 4 is 18.0 Å². The molecule has 3 rings (SSSR count). The molecule has 1 aliphatic heterocycles. The number of aromatic nitrogens is 2. The summed E-state index contributed by atoms with van der Waals surface area (Å²) in [6.07, 6.45) is 5.27. The lowest BCUT2D eigenvalue weighted by Crippen LogP contribution is -2.44. The Morgan fingerprint density at radius 2 is 1.87 bits per heavy atom. The molecule has 0 unspecified atom stereocenters. The molecule has 1 aromatic carbocycles. The van der Waals surface area contributed by atoms with E-state index in [0.717, 1.165) is 36.2 Å². The summed E-state index contributed by atoms with van der Waals surface area (Å²) in [4.78, 5) is 26.7. The van der Waals surface area contributed by atoms with Gasteiger partial charge in [0.2, 0.25) is 0 Å². The van der Waals surface area contributed by atoms with Gasteiger partial charge in [0.15, 0.2) is 6.10 Å². The number of hydrogen-bond donors (Lipinski definition) is 0. The molecule has 6 heteroatoms. The molecule has 2 aromatic rings. The van der Waals surface area contributed by atoms with Crippen molar-refractivity contribution in [3.63, 3.8) is 0 Å². The molecule has 2 heterocycles. The number of ether oxygens (including phenoxy) is 1. The van der Waals surface area contributed by atoms with Crippen LogP contribution in [0.25, 0.3) is 6.08 Å². The number of piperidine rings is 1. The minimum absolute atomic E-state index is 0.122. The fourth-order valence-corrected chi connectivity index (χ4v) is 4.01. The summed E-state index contributed by atoms with van der Waals surface area (Å²) in [7, 11) is 1.86. The average Bonchev–Trinajstić information content (AvgIpc) is 2.98. The van der Waals surface area contributed by atoms with E-state index < -0.39 is 12.1 Å². The highest BCUT2D eigenvalue weighted by molar-refractivity contribution is 5.90. The van der Waals surface area contributed by atoms with Gasteiger partial charge in [-0.3, -0.25) is 9.48 Å². The molecule has 1 aliphatic rings. The molecule has 0 saturated carbocycles. The van der Waals surface area contributed by atoms with Gasteiger partial charge in [-0.15, -0.1) is 0 Å². The molecule has 0 bridgehead atoms. The van der Waals surface area contributed by atoms with Gasteiger partial charge in [-0.1, -0.05) is 30.3 Å². The van der Waals surface area contributed by atoms with E-state index in [2.05, 4.69) is 29.4 Å². The molecule has 160 valence electrons. The summed E-state index contributed by atoms with van der Waals surface area (Å²) in [5.41, 5.74) is 4.06. The highest BCUT2D eigenvalue weighted by Crippen LogP contribution is 2.22. The van der Waals surface area contributed by atoms with Gasteiger partial charge < -0.3 is 9.64 Å². The van der Waals surface area contributed by atoms with E-state index in [1.807, 2.05) is 31.9 Å². The van der Waals surface area contributed by atoms with Gasteiger partial charge in [-0.2, -0.15) is 5.10 Å². The maximum absolute atomic E-state index is 12.7. The van der Waals surface area contributed by atoms with Crippen LogP contribution in [0.3, 0.4) is 0 Å². The lowest BCUT2D eigenvalue weighted by Gasteiger charge is -2.33. The SMILES string of the molecule is Cc1nn(C)c(C)c1/C=C/C(=O)O[C@H](C)C(=O)N1CCC(Cc2ccccc2)CC1. The first kappa shape index (κ1) is 21.8. The zero-order valence-electron chi connectivity index (χ0n) is 18.3. The van der Waals surface area contributed by atoms with Crippen molar-refractivity contribution in [3.05, 3.63) is 58.9 Å². The quantitative estimate of drug-likeness (QED) is 0.541. The van der Waals surface area contributed by atoms with Crippen molar-refractivity contribution < 1.29 is 14.3 Å². The summed E-state index contributed by atoms with van der Waals surface area (Å²) >= 11 is 0. The van der Waals surface area contributed by atoms with Gasteiger partial charge >= 0.3 is 5.97 Å². The van der Waals surface area contributed by atoms with E-state index >= 15 is 0 Å². The highest BCUT2D eigenvalue weighted by atomic mass is 16.5. The van der Waals surface area contributed by atoms with Crippen LogP contribution >= 0.6 is 0 Å². The van der Waals surface area contributed by atoms with Gasteiger partial charge in [-0.25, -0.2) is 4.79 Å². The fraction of sp³-hybridized carbons (Fsp3) is 0.458. The molecule has 30 heavy (non-hydrogen) atoms. The van der Waals surface area contributed by atoms with Crippen molar-refractivity contribution in [2.24, 2.45) is 13.0 Å². The smallest absolute Gasteiger partial charge is 0.331 e. The molecule has 1 atom stereocenters. The predicted octanol–water partition coefficient (Wildman–Crippen LogP) is 3.46. The van der Waals surface area contributed by atoms with Gasteiger partial charge in [0, 0.05) is 37.5 Å². The monoisotopic (exact) mass is 409 g/mol. The molecule has 0 spiro atoms. The standard InChI is InChI=1S/C24H31N3O3/c1-17-22(18(2)26(4)25-17)10-11-23(28)30-19(3)24(29)27-14-12-21(13-15-27)16-20-8-6-5-7-9-20/h5-11,19,21H,12-16H2,1-4H3/b11-10+/t19-/m1/s1. The van der Waals surface area contributed by atoms with Crippen molar-refractivity contribution in [1.29, 1.82) is 0 Å². The maximum atomic E-state index is 12.7. The van der Waals surface area contributed by atoms with Gasteiger partial charge in [0.05, 0.1) is 5.69 Å². The van der Waals surface area contributed by atoms with Crippen molar-refractivity contribution in [1.82, 2.24) is 14.7 Å². The van der Waals surface area contributed by atoms with E-state index in [-0.39, 0.29) is 5.91 Å². The normalized spacial score (nSPS) is 16.1. The van der Waals surface area contributed by atoms with E-state index in [1.54, 1.807) is 17.7 Å². The Balaban J connectivity index is 1.47. The van der Waals surface area contributed by atoms with Gasteiger partial charge in [0.1, 0.15) is 0 Å². The van der Waals surface area contributed by atoms with E-state index in [0.29, 0.717) is 19.0 Å². The van der Waals surface area contributed by atoms with Crippen LogP contribution in [0.2, 0.25) is 0 Å². The Labute approximate surface area is 178 Å². The number of amides is 1. The second-order valence-corrected chi connectivity index (χ2v) is 8.08. The third kappa shape index (κ3) is 5.38. The van der Waals surface area contributed by atoms with Crippen LogP contribution in [0.15, 0.2) is 36.4 Å². The summed E-state index contributed by atoms with van der Waals surface area (Å²) in [6.45, 7) is 6.90. The minimum Gasteiger partial charge on any atom is -0.449 e. The van der Waals surface area contributed by atoms with E-state index in [1.165, 1.54) is 11.6 Å². The summed E-state index contributed by atoms with van der Waals surface area (Å²) in [6, 6.07) is 10.5. The van der Waals surface area contributed by atoms with Crippen LogP contribution in [-0.2, 0) is 27.8 Å². The summed E-state index contributed by atoms with van der Waals surface area (Å²) in [5, 5.41) is 4.32. The highest BCUT2D eigenvalue weighted by Gasteiger charge is 2.27. The van der Waals surface area contributed by atoms with Crippen LogP contribution < -0.4 is 0 Å². The van der Waals surface area contributed by atoms with Crippen LogP contribution in [0.1, 0.15) is 42.3 Å². The number of esters is 1. The molecule has 1 saturated heterocycles. The number of aryl methyl sites for hydroxylation is 2. The van der Waals surface area contributed by atoms with E-state index in [9.17, 15) is 9.59 Å². The topological polar surface area (TPSA) is 64.4 Å². The Morgan fingerprint density at radius 3 is 2.47 bits per heavy atom. The van der Waals surface area contributed by atoms with Crippen LogP contribution in [-0.4, -0.2) is 45.8 Å².